The predicted octanol–water partition coefficient (Wildman–Crippen LogP) is 1.26. The summed E-state index contributed by atoms with van der Waals surface area (Å²) in [6, 6.07) is 0. The van der Waals surface area contributed by atoms with Gasteiger partial charge in [-0.1, -0.05) is 6.92 Å². The summed E-state index contributed by atoms with van der Waals surface area (Å²) in [6.45, 7) is 1.86. The fourth-order valence-corrected chi connectivity index (χ4v) is 2.03. The minimum atomic E-state index is -4.38. The van der Waals surface area contributed by atoms with Gasteiger partial charge in [-0.05, 0) is 18.2 Å². The third-order valence-electron chi connectivity index (χ3n) is 2.31. The molecule has 0 amide bonds. The average Bonchev–Trinajstić information content (AvgIpc) is 2.29. The topological polar surface area (TPSA) is 70.0 Å². The second kappa shape index (κ2) is 6.18. The quantitative estimate of drug-likeness (QED) is 0.888. The predicted molar refractivity (Wildman–Crippen MR) is 68.2 cm³/mol. The molecule has 2 N–H and O–H groups in total. The Balaban J connectivity index is 2.99. The number of aromatic nitrogens is 2. The van der Waals surface area contributed by atoms with Crippen LogP contribution in [-0.2, 0) is 13.1 Å². The van der Waals surface area contributed by atoms with E-state index in [9.17, 15) is 22.8 Å². The number of anilines is 1. The van der Waals surface area contributed by atoms with Crippen molar-refractivity contribution in [3.63, 3.8) is 0 Å². The van der Waals surface area contributed by atoms with Gasteiger partial charge in [-0.3, -0.25) is 13.9 Å². The molecule has 5 nitrogen and oxygen atoms in total. The number of nitrogens with zero attached hydrogens (tertiary/aromatic N) is 2. The van der Waals surface area contributed by atoms with E-state index in [1.807, 2.05) is 6.92 Å². The van der Waals surface area contributed by atoms with Crippen molar-refractivity contribution in [2.75, 3.05) is 11.5 Å². The molecular formula is C10H14F3N3O2S. The van der Waals surface area contributed by atoms with Crippen molar-refractivity contribution < 1.29 is 13.2 Å². The maximum Gasteiger partial charge on any atom is 0.441 e. The molecule has 1 heterocycles. The summed E-state index contributed by atoms with van der Waals surface area (Å²) >= 11 is -0.278. The van der Waals surface area contributed by atoms with Crippen LogP contribution in [0.25, 0.3) is 0 Å². The van der Waals surface area contributed by atoms with Crippen LogP contribution in [0.5, 0.6) is 0 Å². The van der Waals surface area contributed by atoms with Gasteiger partial charge in [0.15, 0.2) is 0 Å². The smallest absolute Gasteiger partial charge is 0.393 e. The first-order valence-electron chi connectivity index (χ1n) is 5.56. The van der Waals surface area contributed by atoms with Gasteiger partial charge in [-0.15, -0.1) is 0 Å². The van der Waals surface area contributed by atoms with Gasteiger partial charge >= 0.3 is 11.2 Å². The fourth-order valence-electron chi connectivity index (χ4n) is 1.53. The third kappa shape index (κ3) is 4.34. The van der Waals surface area contributed by atoms with Crippen molar-refractivity contribution in [3.05, 3.63) is 27.0 Å². The molecule has 0 aliphatic heterocycles. The molecule has 1 aromatic heterocycles. The van der Waals surface area contributed by atoms with Gasteiger partial charge < -0.3 is 5.73 Å². The van der Waals surface area contributed by atoms with Gasteiger partial charge in [0.2, 0.25) is 0 Å². The summed E-state index contributed by atoms with van der Waals surface area (Å²) in [5.41, 5.74) is -0.460. The van der Waals surface area contributed by atoms with Gasteiger partial charge in [0.25, 0.3) is 5.56 Å². The number of thioether (sulfide) groups is 1. The van der Waals surface area contributed by atoms with Gasteiger partial charge in [-0.25, -0.2) is 4.79 Å². The molecule has 1 rings (SSSR count). The van der Waals surface area contributed by atoms with Gasteiger partial charge in [0.05, 0.1) is 0 Å². The number of nitrogens with two attached hydrogens (primary N) is 1. The average molecular weight is 297 g/mol. The molecular weight excluding hydrogens is 283 g/mol. The number of hydrogen-bond acceptors (Lipinski definition) is 4. The van der Waals surface area contributed by atoms with Crippen LogP contribution in [0.4, 0.5) is 18.9 Å². The number of alkyl halides is 3. The molecule has 0 fully saturated rings. The molecule has 0 radical (unpaired) electrons. The molecule has 0 unspecified atom stereocenters. The highest BCUT2D eigenvalue weighted by Crippen LogP contribution is 2.29. The molecule has 9 heteroatoms. The summed E-state index contributed by atoms with van der Waals surface area (Å²) in [5.74, 6) is -0.409. The van der Waals surface area contributed by atoms with E-state index in [1.165, 1.54) is 10.8 Å². The minimum Gasteiger partial charge on any atom is -0.393 e. The van der Waals surface area contributed by atoms with Crippen LogP contribution in [-0.4, -0.2) is 20.4 Å². The van der Waals surface area contributed by atoms with Crippen LogP contribution in [0, 0.1) is 0 Å². The van der Waals surface area contributed by atoms with Gasteiger partial charge in [0.1, 0.15) is 5.69 Å². The second-order valence-electron chi connectivity index (χ2n) is 3.81. The zero-order valence-electron chi connectivity index (χ0n) is 10.2. The van der Waals surface area contributed by atoms with Crippen LogP contribution in [0.1, 0.15) is 13.3 Å². The first-order valence-corrected chi connectivity index (χ1v) is 6.55. The van der Waals surface area contributed by atoms with E-state index in [1.54, 1.807) is 0 Å². The lowest BCUT2D eigenvalue weighted by atomic mass is 10.4. The lowest BCUT2D eigenvalue weighted by molar-refractivity contribution is -0.0328. The maximum atomic E-state index is 12.0. The Labute approximate surface area is 111 Å². The lowest BCUT2D eigenvalue weighted by Crippen LogP contribution is -2.41. The maximum absolute atomic E-state index is 12.0. The van der Waals surface area contributed by atoms with Crippen molar-refractivity contribution in [2.45, 2.75) is 31.9 Å². The van der Waals surface area contributed by atoms with Crippen LogP contribution < -0.4 is 17.0 Å². The van der Waals surface area contributed by atoms with E-state index in [4.69, 9.17) is 5.73 Å². The van der Waals surface area contributed by atoms with Crippen molar-refractivity contribution >= 4 is 17.4 Å². The summed E-state index contributed by atoms with van der Waals surface area (Å²) in [6.07, 6.45) is 1.87. The molecule has 0 atom stereocenters. The van der Waals surface area contributed by atoms with Crippen molar-refractivity contribution in [3.8, 4) is 0 Å². The van der Waals surface area contributed by atoms with Crippen LogP contribution >= 0.6 is 11.8 Å². The van der Waals surface area contributed by atoms with E-state index in [2.05, 4.69) is 0 Å². The highest BCUT2D eigenvalue weighted by molar-refractivity contribution is 8.00. The number of rotatable bonds is 5. The summed E-state index contributed by atoms with van der Waals surface area (Å²) in [4.78, 5) is 23.5. The molecule has 108 valence electrons. The molecule has 0 spiro atoms. The number of aryl methyl sites for hydroxylation is 1. The molecule has 0 aromatic carbocycles. The Morgan fingerprint density at radius 3 is 2.47 bits per heavy atom. The van der Waals surface area contributed by atoms with E-state index in [0.717, 1.165) is 4.57 Å². The molecule has 19 heavy (non-hydrogen) atoms. The Morgan fingerprint density at radius 2 is 1.95 bits per heavy atom. The summed E-state index contributed by atoms with van der Waals surface area (Å²) in [5, 5.41) is 0. The Hall–Kier alpha value is -1.38. The van der Waals surface area contributed by atoms with Crippen LogP contribution in [0.15, 0.2) is 15.8 Å². The summed E-state index contributed by atoms with van der Waals surface area (Å²) < 4.78 is 38.0. The normalized spacial score (nSPS) is 11.8. The zero-order valence-corrected chi connectivity index (χ0v) is 11.1. The molecule has 0 aliphatic rings. The highest BCUT2D eigenvalue weighted by Gasteiger charge is 2.27. The summed E-state index contributed by atoms with van der Waals surface area (Å²) in [7, 11) is 0. The largest absolute Gasteiger partial charge is 0.441 e. The van der Waals surface area contributed by atoms with Crippen LogP contribution in [0.3, 0.4) is 0 Å². The van der Waals surface area contributed by atoms with Crippen molar-refractivity contribution in [2.24, 2.45) is 0 Å². The highest BCUT2D eigenvalue weighted by atomic mass is 32.2. The van der Waals surface area contributed by atoms with E-state index in [0.29, 0.717) is 13.0 Å². The first kappa shape index (κ1) is 15.7. The Kier molecular flexibility index (Phi) is 5.10. The van der Waals surface area contributed by atoms with Crippen LogP contribution in [0.2, 0.25) is 0 Å². The van der Waals surface area contributed by atoms with Gasteiger partial charge in [0, 0.05) is 25.0 Å². The first-order chi connectivity index (χ1) is 8.76. The molecule has 0 saturated carbocycles. The molecule has 0 saturated heterocycles. The molecule has 1 aromatic rings. The lowest BCUT2D eigenvalue weighted by Gasteiger charge is -2.11. The monoisotopic (exact) mass is 297 g/mol. The standard InChI is InChI=1S/C10H14F3N3O2S/c1-2-3-15-6-7(14)8(17)16(9(15)18)4-5-19-10(11,12)13/h6H,2-5,14H2,1H3. The van der Waals surface area contributed by atoms with Gasteiger partial charge in [-0.2, -0.15) is 13.2 Å². The van der Waals surface area contributed by atoms with Crippen molar-refractivity contribution in [1.82, 2.24) is 9.13 Å². The van der Waals surface area contributed by atoms with E-state index in [-0.39, 0.29) is 24.0 Å². The number of nitrogen functional groups attached to an aromatic ring is 1. The molecule has 0 aliphatic carbocycles. The minimum absolute atomic E-state index is 0.148. The zero-order chi connectivity index (χ0) is 14.6. The third-order valence-corrected chi connectivity index (χ3v) is 3.02. The second-order valence-corrected chi connectivity index (χ2v) is 4.97. The fraction of sp³-hybridized carbons (Fsp3) is 0.600. The van der Waals surface area contributed by atoms with E-state index < -0.39 is 22.5 Å². The molecule has 0 bridgehead atoms. The Morgan fingerprint density at radius 1 is 1.32 bits per heavy atom. The van der Waals surface area contributed by atoms with Crippen molar-refractivity contribution in [1.29, 1.82) is 0 Å². The number of hydrogen-bond donors (Lipinski definition) is 1. The number of halogens is 3. The van der Waals surface area contributed by atoms with E-state index >= 15 is 0 Å². The SMILES string of the molecule is CCCn1cc(N)c(=O)n(CCSC(F)(F)F)c1=O. The Bertz CT molecular complexity index is 550.